The second-order valence-corrected chi connectivity index (χ2v) is 6.97. The van der Waals surface area contributed by atoms with E-state index < -0.39 is 18.9 Å². The van der Waals surface area contributed by atoms with Crippen molar-refractivity contribution < 1.29 is 43.1 Å². The van der Waals surface area contributed by atoms with Crippen LogP contribution >= 0.6 is 0 Å². The standard InChI is InChI=1S/C24H30O9/c1-2-30-24-32-22-15-19(20(26)16-25)14-21(23(22)33-24)31-13-12-28-9-8-27-10-11-29-17-18-6-4-3-5-7-18/h3-7,14-15,24-25H,2,8-13,16-17H2,1H3. The number of carbonyl (C=O) groups excluding carboxylic acids is 1. The Morgan fingerprint density at radius 3 is 2.33 bits per heavy atom. The number of Topliss-reactive ketones (excluding diaryl/α,β-unsaturated/α-hetero) is 1. The molecule has 3 rings (SSSR count). The summed E-state index contributed by atoms with van der Waals surface area (Å²) in [6.07, 6.45) is 0. The molecule has 1 aliphatic rings. The van der Waals surface area contributed by atoms with Gasteiger partial charge in [-0.3, -0.25) is 4.79 Å². The van der Waals surface area contributed by atoms with Gasteiger partial charge in [0.15, 0.2) is 17.3 Å². The first-order valence-electron chi connectivity index (χ1n) is 10.9. The van der Waals surface area contributed by atoms with Crippen molar-refractivity contribution in [1.29, 1.82) is 0 Å². The predicted octanol–water partition coefficient (Wildman–Crippen LogP) is 2.58. The third kappa shape index (κ3) is 7.99. The van der Waals surface area contributed by atoms with Gasteiger partial charge in [0.2, 0.25) is 5.75 Å². The van der Waals surface area contributed by atoms with Gasteiger partial charge in [0.05, 0.1) is 46.2 Å². The van der Waals surface area contributed by atoms with Crippen LogP contribution in [0.5, 0.6) is 17.2 Å². The quantitative estimate of drug-likeness (QED) is 0.298. The van der Waals surface area contributed by atoms with Crippen LogP contribution in [0, 0.1) is 0 Å². The van der Waals surface area contributed by atoms with E-state index in [-0.39, 0.29) is 12.2 Å². The molecule has 0 fully saturated rings. The number of aliphatic hydroxyl groups is 1. The van der Waals surface area contributed by atoms with Gasteiger partial charge in [-0.15, -0.1) is 0 Å². The normalized spacial score (nSPS) is 14.4. The van der Waals surface area contributed by atoms with Crippen molar-refractivity contribution in [2.24, 2.45) is 0 Å². The SMILES string of the molecule is CCOC1Oc2cc(C(=O)CO)cc(OCCOCCOCCOCc3ccccc3)c2O1. The Kier molecular flexibility index (Phi) is 10.4. The zero-order valence-corrected chi connectivity index (χ0v) is 18.7. The van der Waals surface area contributed by atoms with Gasteiger partial charge in [0, 0.05) is 5.56 Å². The highest BCUT2D eigenvalue weighted by Crippen LogP contribution is 2.44. The molecule has 0 bridgehead atoms. The Morgan fingerprint density at radius 1 is 0.939 bits per heavy atom. The molecular formula is C24H30O9. The first kappa shape index (κ1) is 24.9. The highest BCUT2D eigenvalue weighted by atomic mass is 16.9. The third-order valence-corrected chi connectivity index (χ3v) is 4.57. The monoisotopic (exact) mass is 462 g/mol. The van der Waals surface area contributed by atoms with E-state index in [9.17, 15) is 4.79 Å². The molecule has 1 heterocycles. The Morgan fingerprint density at radius 2 is 1.64 bits per heavy atom. The topological polar surface area (TPSA) is 102 Å². The lowest BCUT2D eigenvalue weighted by molar-refractivity contribution is -0.173. The van der Waals surface area contributed by atoms with Gasteiger partial charge < -0.3 is 38.3 Å². The van der Waals surface area contributed by atoms with Gasteiger partial charge in [-0.05, 0) is 24.6 Å². The average molecular weight is 462 g/mol. The predicted molar refractivity (Wildman–Crippen MR) is 118 cm³/mol. The number of fused-ring (bicyclic) bond motifs is 1. The molecule has 0 saturated carbocycles. The van der Waals surface area contributed by atoms with E-state index >= 15 is 0 Å². The van der Waals surface area contributed by atoms with Crippen LogP contribution in [0.15, 0.2) is 42.5 Å². The average Bonchev–Trinajstić information content (AvgIpc) is 3.25. The first-order valence-corrected chi connectivity index (χ1v) is 10.9. The summed E-state index contributed by atoms with van der Waals surface area (Å²) in [6.45, 7) is 3.65. The summed E-state index contributed by atoms with van der Waals surface area (Å²) in [6, 6.07) is 13.0. The minimum atomic E-state index is -0.906. The molecule has 2 aromatic rings. The molecule has 0 spiro atoms. The van der Waals surface area contributed by atoms with Crippen LogP contribution in [0.2, 0.25) is 0 Å². The molecule has 0 amide bonds. The number of aliphatic hydroxyl groups excluding tert-OH is 1. The maximum atomic E-state index is 11.9. The zero-order chi connectivity index (χ0) is 23.3. The molecule has 33 heavy (non-hydrogen) atoms. The van der Waals surface area contributed by atoms with Crippen molar-refractivity contribution in [1.82, 2.24) is 0 Å². The maximum absolute atomic E-state index is 11.9. The summed E-state index contributed by atoms with van der Waals surface area (Å²) in [5, 5.41) is 9.15. The van der Waals surface area contributed by atoms with Crippen molar-refractivity contribution in [3.63, 3.8) is 0 Å². The van der Waals surface area contributed by atoms with Crippen LogP contribution in [-0.4, -0.2) is 70.2 Å². The van der Waals surface area contributed by atoms with Crippen LogP contribution in [0.4, 0.5) is 0 Å². The molecule has 180 valence electrons. The highest BCUT2D eigenvalue weighted by molar-refractivity contribution is 5.98. The van der Waals surface area contributed by atoms with Crippen molar-refractivity contribution in [2.45, 2.75) is 20.0 Å². The lowest BCUT2D eigenvalue weighted by atomic mass is 10.1. The summed E-state index contributed by atoms with van der Waals surface area (Å²) >= 11 is 0. The summed E-state index contributed by atoms with van der Waals surface area (Å²) in [5.41, 5.74) is 1.39. The van der Waals surface area contributed by atoms with E-state index in [4.69, 9.17) is 38.3 Å². The summed E-state index contributed by atoms with van der Waals surface area (Å²) in [4.78, 5) is 11.9. The number of carbonyl (C=O) groups is 1. The molecule has 1 atom stereocenters. The molecule has 1 aliphatic heterocycles. The number of hydrogen-bond donors (Lipinski definition) is 1. The highest BCUT2D eigenvalue weighted by Gasteiger charge is 2.30. The van der Waals surface area contributed by atoms with Crippen molar-refractivity contribution in [3.05, 3.63) is 53.6 Å². The van der Waals surface area contributed by atoms with E-state index in [0.29, 0.717) is 63.5 Å². The fraction of sp³-hybridized carbons (Fsp3) is 0.458. The minimum Gasteiger partial charge on any atom is -0.487 e. The molecule has 0 radical (unpaired) electrons. The first-order chi connectivity index (χ1) is 16.2. The van der Waals surface area contributed by atoms with E-state index in [1.54, 1.807) is 0 Å². The van der Waals surface area contributed by atoms with Gasteiger partial charge in [0.25, 0.3) is 0 Å². The van der Waals surface area contributed by atoms with Crippen molar-refractivity contribution in [2.75, 3.05) is 52.9 Å². The largest absolute Gasteiger partial charge is 0.487 e. The van der Waals surface area contributed by atoms with Gasteiger partial charge in [-0.2, -0.15) is 0 Å². The molecule has 0 aromatic heterocycles. The second-order valence-electron chi connectivity index (χ2n) is 6.97. The van der Waals surface area contributed by atoms with Crippen molar-refractivity contribution >= 4 is 5.78 Å². The lowest BCUT2D eigenvalue weighted by Crippen LogP contribution is -2.21. The molecule has 1 unspecified atom stereocenters. The number of benzene rings is 2. The smallest absolute Gasteiger partial charge is 0.361 e. The molecule has 0 saturated heterocycles. The molecule has 2 aromatic carbocycles. The van der Waals surface area contributed by atoms with Crippen molar-refractivity contribution in [3.8, 4) is 17.2 Å². The van der Waals surface area contributed by atoms with Crippen LogP contribution < -0.4 is 14.2 Å². The van der Waals surface area contributed by atoms with E-state index in [1.165, 1.54) is 12.1 Å². The number of hydrogen-bond acceptors (Lipinski definition) is 9. The fourth-order valence-electron chi connectivity index (χ4n) is 2.98. The van der Waals surface area contributed by atoms with Crippen LogP contribution in [0.1, 0.15) is 22.8 Å². The Hall–Kier alpha value is -2.69. The molecule has 9 heteroatoms. The minimum absolute atomic E-state index is 0.228. The molecular weight excluding hydrogens is 432 g/mol. The Labute approximate surface area is 193 Å². The van der Waals surface area contributed by atoms with Crippen LogP contribution in [0.25, 0.3) is 0 Å². The van der Waals surface area contributed by atoms with E-state index in [0.717, 1.165) is 5.56 Å². The van der Waals surface area contributed by atoms with Gasteiger partial charge in [-0.1, -0.05) is 30.3 Å². The molecule has 1 N–H and O–H groups in total. The summed E-state index contributed by atoms with van der Waals surface area (Å²) in [5.74, 6) is 0.544. The van der Waals surface area contributed by atoms with E-state index in [2.05, 4.69) is 0 Å². The Balaban J connectivity index is 1.32. The summed E-state index contributed by atoms with van der Waals surface area (Å²) < 4.78 is 38.7. The van der Waals surface area contributed by atoms with E-state index in [1.807, 2.05) is 37.3 Å². The fourth-order valence-corrected chi connectivity index (χ4v) is 2.98. The van der Waals surface area contributed by atoms with Gasteiger partial charge in [-0.25, -0.2) is 0 Å². The lowest BCUT2D eigenvalue weighted by Gasteiger charge is -2.11. The Bertz CT molecular complexity index is 857. The van der Waals surface area contributed by atoms with Crippen LogP contribution in [0.3, 0.4) is 0 Å². The third-order valence-electron chi connectivity index (χ3n) is 4.57. The second kappa shape index (κ2) is 13.8. The summed E-state index contributed by atoms with van der Waals surface area (Å²) in [7, 11) is 0. The number of rotatable bonds is 16. The number of ketones is 1. The number of ether oxygens (including phenoxy) is 7. The molecule has 9 nitrogen and oxygen atoms in total. The van der Waals surface area contributed by atoms with Gasteiger partial charge in [0.1, 0.15) is 13.2 Å². The van der Waals surface area contributed by atoms with Crippen LogP contribution in [-0.2, 0) is 25.6 Å². The maximum Gasteiger partial charge on any atom is 0.361 e. The molecule has 0 aliphatic carbocycles. The van der Waals surface area contributed by atoms with Gasteiger partial charge >= 0.3 is 6.48 Å². The zero-order valence-electron chi connectivity index (χ0n) is 18.7.